The lowest BCUT2D eigenvalue weighted by Crippen LogP contribution is -2.14. The number of nitrogens with one attached hydrogen (secondary N) is 1. The summed E-state index contributed by atoms with van der Waals surface area (Å²) in [6, 6.07) is 5.49. The number of nitrogens with zero attached hydrogens (tertiary/aromatic N) is 3. The SMILES string of the molecule is COc1cnc(S(=O)(=O)Oc2ccc(C(=O)Nc3ncc(CCOC(C)=O)s3)cc2)nc1. The summed E-state index contributed by atoms with van der Waals surface area (Å²) in [6.07, 6.45) is 4.49. The van der Waals surface area contributed by atoms with Crippen molar-refractivity contribution in [2.45, 2.75) is 18.5 Å². The van der Waals surface area contributed by atoms with Crippen LogP contribution in [-0.2, 0) is 26.1 Å². The smallest absolute Gasteiger partial charge is 0.375 e. The molecule has 0 spiro atoms. The predicted molar refractivity (Wildman–Crippen MR) is 113 cm³/mol. The van der Waals surface area contributed by atoms with Gasteiger partial charge >= 0.3 is 16.1 Å². The fourth-order valence-corrected chi connectivity index (χ4v) is 3.90. The van der Waals surface area contributed by atoms with E-state index >= 15 is 0 Å². The van der Waals surface area contributed by atoms with Gasteiger partial charge in [-0.25, -0.2) is 15.0 Å². The molecule has 0 fully saturated rings. The first-order chi connectivity index (χ1) is 15.3. The molecular formula is C19H18N4O7S2. The molecule has 1 N–H and O–H groups in total. The molecule has 13 heteroatoms. The Balaban J connectivity index is 1.59. The average molecular weight is 479 g/mol. The van der Waals surface area contributed by atoms with Crippen molar-refractivity contribution in [3.05, 3.63) is 53.3 Å². The monoisotopic (exact) mass is 478 g/mol. The highest BCUT2D eigenvalue weighted by Gasteiger charge is 2.21. The number of thiazole rings is 1. The number of ether oxygens (including phenoxy) is 2. The number of amides is 1. The van der Waals surface area contributed by atoms with E-state index in [9.17, 15) is 18.0 Å². The van der Waals surface area contributed by atoms with Gasteiger partial charge in [0.2, 0.25) is 0 Å². The molecule has 0 aliphatic rings. The molecule has 3 aromatic rings. The summed E-state index contributed by atoms with van der Waals surface area (Å²) in [5.74, 6) is -0.502. The van der Waals surface area contributed by atoms with Gasteiger partial charge in [0.1, 0.15) is 5.75 Å². The van der Waals surface area contributed by atoms with Crippen LogP contribution < -0.4 is 14.2 Å². The Bertz CT molecular complexity index is 1190. The molecule has 0 saturated carbocycles. The number of aromatic nitrogens is 3. The number of benzene rings is 1. The van der Waals surface area contributed by atoms with Crippen molar-refractivity contribution in [3.8, 4) is 11.5 Å². The number of anilines is 1. The number of esters is 1. The Morgan fingerprint density at radius 1 is 1.03 bits per heavy atom. The summed E-state index contributed by atoms with van der Waals surface area (Å²) in [6.45, 7) is 1.56. The van der Waals surface area contributed by atoms with Crippen LogP contribution in [0.3, 0.4) is 0 Å². The Morgan fingerprint density at radius 3 is 2.34 bits per heavy atom. The van der Waals surface area contributed by atoms with Crippen molar-refractivity contribution in [2.75, 3.05) is 19.0 Å². The van der Waals surface area contributed by atoms with E-state index in [2.05, 4.69) is 20.3 Å². The van der Waals surface area contributed by atoms with Crippen molar-refractivity contribution in [3.63, 3.8) is 0 Å². The van der Waals surface area contributed by atoms with E-state index in [0.717, 1.165) is 4.88 Å². The summed E-state index contributed by atoms with van der Waals surface area (Å²) < 4.78 is 39.3. The van der Waals surface area contributed by atoms with Gasteiger partial charge in [0.25, 0.3) is 11.1 Å². The lowest BCUT2D eigenvalue weighted by Gasteiger charge is -2.07. The lowest BCUT2D eigenvalue weighted by molar-refractivity contribution is -0.140. The summed E-state index contributed by atoms with van der Waals surface area (Å²) in [7, 11) is -2.85. The lowest BCUT2D eigenvalue weighted by atomic mass is 10.2. The molecule has 3 rings (SSSR count). The molecule has 0 unspecified atom stereocenters. The average Bonchev–Trinajstić information content (AvgIpc) is 3.20. The normalized spacial score (nSPS) is 10.9. The summed E-state index contributed by atoms with van der Waals surface area (Å²) >= 11 is 1.26. The second kappa shape index (κ2) is 10.2. The molecule has 0 atom stereocenters. The van der Waals surface area contributed by atoms with Crippen LogP contribution in [0.2, 0.25) is 0 Å². The second-order valence-corrected chi connectivity index (χ2v) is 8.70. The quantitative estimate of drug-likeness (QED) is 0.275. The first kappa shape index (κ1) is 23.1. The molecule has 1 aromatic carbocycles. The molecule has 0 saturated heterocycles. The van der Waals surface area contributed by atoms with E-state index < -0.39 is 21.2 Å². The highest BCUT2D eigenvalue weighted by Crippen LogP contribution is 2.21. The van der Waals surface area contributed by atoms with Crippen molar-refractivity contribution in [1.29, 1.82) is 0 Å². The maximum atomic E-state index is 12.4. The Labute approximate surface area is 187 Å². The van der Waals surface area contributed by atoms with Gasteiger partial charge in [0, 0.05) is 30.0 Å². The van der Waals surface area contributed by atoms with E-state index in [1.54, 1.807) is 6.20 Å². The van der Waals surface area contributed by atoms with E-state index in [-0.39, 0.29) is 23.9 Å². The van der Waals surface area contributed by atoms with Gasteiger partial charge in [-0.2, -0.15) is 8.42 Å². The van der Waals surface area contributed by atoms with Crippen LogP contribution in [0.1, 0.15) is 22.2 Å². The fourth-order valence-electron chi connectivity index (χ4n) is 2.31. The summed E-state index contributed by atoms with van der Waals surface area (Å²) in [5.41, 5.74) is 0.270. The molecule has 0 radical (unpaired) electrons. The van der Waals surface area contributed by atoms with Gasteiger partial charge in [0.05, 0.1) is 26.1 Å². The van der Waals surface area contributed by atoms with Gasteiger partial charge in [-0.3, -0.25) is 14.9 Å². The van der Waals surface area contributed by atoms with Crippen LogP contribution in [0, 0.1) is 0 Å². The highest BCUT2D eigenvalue weighted by atomic mass is 32.2. The maximum absolute atomic E-state index is 12.4. The zero-order valence-electron chi connectivity index (χ0n) is 17.0. The fraction of sp³-hybridized carbons (Fsp3) is 0.211. The third-order valence-electron chi connectivity index (χ3n) is 3.81. The predicted octanol–water partition coefficient (Wildman–Crippen LogP) is 2.07. The topological polar surface area (TPSA) is 147 Å². The summed E-state index contributed by atoms with van der Waals surface area (Å²) in [5, 5.41) is 2.51. The second-order valence-electron chi connectivity index (χ2n) is 6.14. The van der Waals surface area contributed by atoms with Crippen molar-refractivity contribution in [1.82, 2.24) is 15.0 Å². The minimum Gasteiger partial charge on any atom is -0.494 e. The maximum Gasteiger partial charge on any atom is 0.375 e. The van der Waals surface area contributed by atoms with Gasteiger partial charge in [-0.15, -0.1) is 11.3 Å². The van der Waals surface area contributed by atoms with Crippen LogP contribution in [0.25, 0.3) is 0 Å². The third-order valence-corrected chi connectivity index (χ3v) is 5.86. The Morgan fingerprint density at radius 2 is 1.72 bits per heavy atom. The summed E-state index contributed by atoms with van der Waals surface area (Å²) in [4.78, 5) is 35.5. The van der Waals surface area contributed by atoms with E-state index in [4.69, 9.17) is 13.7 Å². The highest BCUT2D eigenvalue weighted by molar-refractivity contribution is 7.86. The molecule has 1 amide bonds. The molecule has 0 bridgehead atoms. The first-order valence-corrected chi connectivity index (χ1v) is 11.3. The van der Waals surface area contributed by atoms with E-state index in [0.29, 0.717) is 17.3 Å². The first-order valence-electron chi connectivity index (χ1n) is 9.07. The van der Waals surface area contributed by atoms with Crippen molar-refractivity contribution in [2.24, 2.45) is 0 Å². The van der Waals surface area contributed by atoms with Crippen LogP contribution >= 0.6 is 11.3 Å². The largest absolute Gasteiger partial charge is 0.494 e. The minimum atomic E-state index is -4.25. The zero-order chi connectivity index (χ0) is 23.1. The number of hydrogen-bond donors (Lipinski definition) is 1. The van der Waals surface area contributed by atoms with Gasteiger partial charge in [-0.05, 0) is 24.3 Å². The molecule has 0 aliphatic heterocycles. The standard InChI is InChI=1S/C19H18N4O7S2/c1-12(24)29-8-7-16-11-20-18(31-16)23-17(25)13-3-5-14(6-4-13)30-32(26,27)19-21-9-15(28-2)10-22-19/h3-6,9-11H,7-8H2,1-2H3,(H,20,23,25). The molecule has 168 valence electrons. The van der Waals surface area contributed by atoms with Gasteiger partial charge in [-0.1, -0.05) is 0 Å². The number of hydrogen-bond acceptors (Lipinski definition) is 11. The molecule has 2 aromatic heterocycles. The Hall–Kier alpha value is -3.58. The van der Waals surface area contributed by atoms with Crippen LogP contribution in [-0.4, -0.2) is 49.0 Å². The molecule has 0 aliphatic carbocycles. The molecule has 11 nitrogen and oxygen atoms in total. The molecule has 2 heterocycles. The third kappa shape index (κ3) is 6.21. The number of methoxy groups -OCH3 is 1. The molecular weight excluding hydrogens is 460 g/mol. The van der Waals surface area contributed by atoms with Crippen molar-refractivity contribution < 1.29 is 31.7 Å². The van der Waals surface area contributed by atoms with E-state index in [1.807, 2.05) is 0 Å². The minimum absolute atomic E-state index is 0.0111. The zero-order valence-corrected chi connectivity index (χ0v) is 18.6. The van der Waals surface area contributed by atoms with Crippen LogP contribution in [0.5, 0.6) is 11.5 Å². The molecule has 32 heavy (non-hydrogen) atoms. The van der Waals surface area contributed by atoms with Crippen molar-refractivity contribution >= 4 is 38.5 Å². The van der Waals surface area contributed by atoms with Crippen LogP contribution in [0.15, 0.2) is 48.0 Å². The number of rotatable bonds is 9. The number of carbonyl (C=O) groups is 2. The van der Waals surface area contributed by atoms with Crippen LogP contribution in [0.4, 0.5) is 5.13 Å². The number of carbonyl (C=O) groups excluding carboxylic acids is 2. The van der Waals surface area contributed by atoms with E-state index in [1.165, 1.54) is 62.0 Å². The van der Waals surface area contributed by atoms with Gasteiger partial charge < -0.3 is 13.7 Å². The Kier molecular flexibility index (Phi) is 7.33. The van der Waals surface area contributed by atoms with Gasteiger partial charge in [0.15, 0.2) is 10.9 Å².